The normalized spacial score (nSPS) is 10.4. The lowest BCUT2D eigenvalue weighted by molar-refractivity contribution is 0.227. The number of hydrogen-bond acceptors (Lipinski definition) is 4. The zero-order chi connectivity index (χ0) is 12.7. The lowest BCUT2D eigenvalue weighted by Gasteiger charge is -2.16. The van der Waals surface area contributed by atoms with Crippen molar-refractivity contribution in [1.82, 2.24) is 0 Å². The Morgan fingerprint density at radius 3 is 2.24 bits per heavy atom. The molecule has 0 aromatic heterocycles. The third-order valence-electron chi connectivity index (χ3n) is 2.71. The van der Waals surface area contributed by atoms with Crippen LogP contribution in [0.5, 0.6) is 11.5 Å². The second-order valence-corrected chi connectivity index (χ2v) is 3.88. The third kappa shape index (κ3) is 4.67. The Kier molecular flexibility index (Phi) is 5.87. The van der Waals surface area contributed by atoms with Gasteiger partial charge in [0.15, 0.2) is 5.75 Å². The van der Waals surface area contributed by atoms with E-state index in [9.17, 15) is 0 Å². The van der Waals surface area contributed by atoms with E-state index in [4.69, 9.17) is 19.4 Å². The van der Waals surface area contributed by atoms with E-state index in [1.807, 2.05) is 6.07 Å². The molecular weight excluding hydrogens is 219 g/mol. The monoisotopic (exact) mass is 238 g/mol. The molecule has 17 heavy (non-hydrogen) atoms. The predicted molar refractivity (Wildman–Crippen MR) is 66.8 cm³/mol. The SMILES string of the molecule is CCC(CC)COc1ccccc1OB(O)O. The molecule has 1 rings (SSSR count). The molecule has 0 saturated heterocycles. The van der Waals surface area contributed by atoms with Crippen LogP contribution in [0.2, 0.25) is 0 Å². The molecule has 94 valence electrons. The average molecular weight is 238 g/mol. The van der Waals surface area contributed by atoms with E-state index in [1.54, 1.807) is 18.2 Å². The number of hydrogen-bond donors (Lipinski definition) is 2. The summed E-state index contributed by atoms with van der Waals surface area (Å²) >= 11 is 0. The number of ether oxygens (including phenoxy) is 1. The van der Waals surface area contributed by atoms with Gasteiger partial charge in [0, 0.05) is 0 Å². The second-order valence-electron chi connectivity index (χ2n) is 3.88. The van der Waals surface area contributed by atoms with Crippen LogP contribution in [-0.2, 0) is 0 Å². The average Bonchev–Trinajstić information content (AvgIpc) is 2.31. The van der Waals surface area contributed by atoms with Crippen LogP contribution < -0.4 is 9.39 Å². The summed E-state index contributed by atoms with van der Waals surface area (Å²) < 4.78 is 10.5. The maximum Gasteiger partial charge on any atom is 0.707 e. The van der Waals surface area contributed by atoms with Gasteiger partial charge in [-0.3, -0.25) is 0 Å². The van der Waals surface area contributed by atoms with Crippen LogP contribution in [-0.4, -0.2) is 24.0 Å². The molecule has 0 bridgehead atoms. The fourth-order valence-corrected chi connectivity index (χ4v) is 1.51. The first-order valence-corrected chi connectivity index (χ1v) is 5.92. The van der Waals surface area contributed by atoms with Crippen LogP contribution in [0.1, 0.15) is 26.7 Å². The lowest BCUT2D eigenvalue weighted by Crippen LogP contribution is -2.21. The summed E-state index contributed by atoms with van der Waals surface area (Å²) in [6.45, 7) is 4.85. The first kappa shape index (κ1) is 13.9. The number of benzene rings is 1. The molecule has 1 aromatic carbocycles. The molecule has 0 saturated carbocycles. The molecule has 4 nitrogen and oxygen atoms in total. The van der Waals surface area contributed by atoms with E-state index in [1.165, 1.54) is 0 Å². The van der Waals surface area contributed by atoms with Gasteiger partial charge in [-0.15, -0.1) is 0 Å². The molecule has 0 amide bonds. The van der Waals surface area contributed by atoms with Crippen molar-refractivity contribution < 1.29 is 19.4 Å². The zero-order valence-electron chi connectivity index (χ0n) is 10.3. The van der Waals surface area contributed by atoms with Crippen LogP contribution in [0, 0.1) is 5.92 Å². The summed E-state index contributed by atoms with van der Waals surface area (Å²) in [6, 6.07) is 6.96. The standard InChI is InChI=1S/C12H19BO4/c1-3-10(4-2)9-16-11-7-5-6-8-12(11)17-13(14)15/h5-8,10,14-15H,3-4,9H2,1-2H3. The Balaban J connectivity index is 2.63. The Morgan fingerprint density at radius 2 is 1.71 bits per heavy atom. The van der Waals surface area contributed by atoms with Crippen molar-refractivity contribution in [2.24, 2.45) is 5.92 Å². The zero-order valence-corrected chi connectivity index (χ0v) is 10.3. The van der Waals surface area contributed by atoms with Crippen LogP contribution in [0.3, 0.4) is 0 Å². The minimum absolute atomic E-state index is 0.341. The molecule has 0 spiro atoms. The van der Waals surface area contributed by atoms with Crippen molar-refractivity contribution >= 4 is 7.32 Å². The second kappa shape index (κ2) is 7.19. The quantitative estimate of drug-likeness (QED) is 0.711. The Bertz CT molecular complexity index is 326. The molecule has 0 atom stereocenters. The number of para-hydroxylation sites is 2. The predicted octanol–water partition coefficient (Wildman–Crippen LogP) is 1.85. The molecule has 1 aromatic rings. The van der Waals surface area contributed by atoms with Crippen molar-refractivity contribution in [2.45, 2.75) is 26.7 Å². The van der Waals surface area contributed by atoms with Crippen LogP contribution in [0.4, 0.5) is 0 Å². The largest absolute Gasteiger partial charge is 0.707 e. The van der Waals surface area contributed by atoms with Crippen molar-refractivity contribution in [3.63, 3.8) is 0 Å². The van der Waals surface area contributed by atoms with Gasteiger partial charge in [-0.25, -0.2) is 0 Å². The summed E-state index contributed by atoms with van der Waals surface area (Å²) in [5.41, 5.74) is 0. The van der Waals surface area contributed by atoms with Gasteiger partial charge in [-0.1, -0.05) is 38.8 Å². The Morgan fingerprint density at radius 1 is 1.12 bits per heavy atom. The maximum atomic E-state index is 8.78. The first-order valence-electron chi connectivity index (χ1n) is 5.92. The Labute approximate surface area is 102 Å². The van der Waals surface area contributed by atoms with Gasteiger partial charge in [0.2, 0.25) is 0 Å². The van der Waals surface area contributed by atoms with E-state index >= 15 is 0 Å². The molecule has 0 heterocycles. The topological polar surface area (TPSA) is 58.9 Å². The van der Waals surface area contributed by atoms with Crippen LogP contribution in [0.25, 0.3) is 0 Å². The summed E-state index contributed by atoms with van der Waals surface area (Å²) in [7, 11) is -1.83. The molecular formula is C12H19BO4. The molecule has 0 unspecified atom stereocenters. The van der Waals surface area contributed by atoms with Gasteiger partial charge in [0.05, 0.1) is 6.61 Å². The van der Waals surface area contributed by atoms with Gasteiger partial charge in [-0.05, 0) is 18.1 Å². The van der Waals surface area contributed by atoms with Crippen LogP contribution in [0.15, 0.2) is 24.3 Å². The smallest absolute Gasteiger partial charge is 0.509 e. The summed E-state index contributed by atoms with van der Waals surface area (Å²) in [6.07, 6.45) is 2.12. The Hall–Kier alpha value is -1.20. The van der Waals surface area contributed by atoms with Crippen LogP contribution >= 0.6 is 0 Å². The highest BCUT2D eigenvalue weighted by atomic mass is 16.6. The molecule has 2 N–H and O–H groups in total. The van der Waals surface area contributed by atoms with Crippen molar-refractivity contribution in [3.8, 4) is 11.5 Å². The van der Waals surface area contributed by atoms with Crippen molar-refractivity contribution in [3.05, 3.63) is 24.3 Å². The third-order valence-corrected chi connectivity index (χ3v) is 2.71. The van der Waals surface area contributed by atoms with Gasteiger partial charge in [0.1, 0.15) is 5.75 Å². The minimum atomic E-state index is -1.83. The summed E-state index contributed by atoms with van der Waals surface area (Å²) in [5.74, 6) is 1.38. The van der Waals surface area contributed by atoms with Gasteiger partial charge in [0.25, 0.3) is 0 Å². The molecule has 0 radical (unpaired) electrons. The van der Waals surface area contributed by atoms with Crippen molar-refractivity contribution in [2.75, 3.05) is 6.61 Å². The molecule has 0 fully saturated rings. The highest BCUT2D eigenvalue weighted by Crippen LogP contribution is 2.27. The summed E-state index contributed by atoms with van der Waals surface area (Å²) in [5, 5.41) is 17.6. The van der Waals surface area contributed by atoms with Gasteiger partial charge >= 0.3 is 7.32 Å². The maximum absolute atomic E-state index is 8.78. The first-order chi connectivity index (χ1) is 8.17. The fourth-order valence-electron chi connectivity index (χ4n) is 1.51. The fraction of sp³-hybridized carbons (Fsp3) is 0.500. The highest BCUT2D eigenvalue weighted by molar-refractivity contribution is 6.33. The van der Waals surface area contributed by atoms with E-state index in [-0.39, 0.29) is 0 Å². The number of rotatable bonds is 7. The molecule has 0 aliphatic carbocycles. The van der Waals surface area contributed by atoms with Crippen molar-refractivity contribution in [1.29, 1.82) is 0 Å². The van der Waals surface area contributed by atoms with E-state index in [0.717, 1.165) is 12.8 Å². The van der Waals surface area contributed by atoms with Gasteiger partial charge in [-0.2, -0.15) is 0 Å². The highest BCUT2D eigenvalue weighted by Gasteiger charge is 2.15. The molecule has 0 aliphatic rings. The van der Waals surface area contributed by atoms with E-state index in [2.05, 4.69) is 13.8 Å². The van der Waals surface area contributed by atoms with E-state index < -0.39 is 7.32 Å². The summed E-state index contributed by atoms with van der Waals surface area (Å²) in [4.78, 5) is 0. The van der Waals surface area contributed by atoms with E-state index in [0.29, 0.717) is 24.0 Å². The molecule has 5 heteroatoms. The lowest BCUT2D eigenvalue weighted by atomic mass is 10.1. The minimum Gasteiger partial charge on any atom is -0.509 e. The van der Waals surface area contributed by atoms with Gasteiger partial charge < -0.3 is 19.4 Å². The molecule has 0 aliphatic heterocycles.